The highest BCUT2D eigenvalue weighted by molar-refractivity contribution is 5.77. The molecule has 0 fully saturated rings. The largest absolute Gasteiger partial charge is 0.497 e. The second kappa shape index (κ2) is 7.28. The van der Waals surface area contributed by atoms with Gasteiger partial charge in [0.15, 0.2) is 0 Å². The lowest BCUT2D eigenvalue weighted by Crippen LogP contribution is -2.42. The Morgan fingerprint density at radius 2 is 2.22 bits per heavy atom. The van der Waals surface area contributed by atoms with Crippen LogP contribution in [0, 0.1) is 0 Å². The number of nitrogens with zero attached hydrogens (tertiary/aromatic N) is 2. The number of fused-ring (bicyclic) bond motifs is 1. The molecule has 0 saturated carbocycles. The first-order chi connectivity index (χ1) is 11.2. The van der Waals surface area contributed by atoms with E-state index >= 15 is 0 Å². The number of ether oxygens (including phenoxy) is 2. The van der Waals surface area contributed by atoms with Crippen LogP contribution >= 0.6 is 0 Å². The van der Waals surface area contributed by atoms with E-state index in [0.29, 0.717) is 6.61 Å². The molecule has 0 unspecified atom stereocenters. The number of amides is 1. The molecule has 6 heteroatoms. The van der Waals surface area contributed by atoms with E-state index in [2.05, 4.69) is 14.9 Å². The summed E-state index contributed by atoms with van der Waals surface area (Å²) in [6.45, 7) is 1.26. The number of aryl methyl sites for hydroxylation is 1. The SMILES string of the molecule is COc1ccc(COCC(=O)N[C@H]2CCc3nccn3C2)cc1. The number of nitrogens with one attached hydrogen (secondary N) is 1. The summed E-state index contributed by atoms with van der Waals surface area (Å²) in [5, 5.41) is 3.02. The van der Waals surface area contributed by atoms with Gasteiger partial charge in [-0.25, -0.2) is 4.98 Å². The molecule has 2 aromatic rings. The molecule has 3 rings (SSSR count). The monoisotopic (exact) mass is 315 g/mol. The minimum Gasteiger partial charge on any atom is -0.497 e. The Hall–Kier alpha value is -2.34. The quantitative estimate of drug-likeness (QED) is 0.878. The Morgan fingerprint density at radius 1 is 1.39 bits per heavy atom. The minimum atomic E-state index is -0.0768. The first-order valence-electron chi connectivity index (χ1n) is 7.74. The predicted molar refractivity (Wildman–Crippen MR) is 85.1 cm³/mol. The molecule has 1 amide bonds. The molecule has 1 N–H and O–H groups in total. The van der Waals surface area contributed by atoms with Crippen LogP contribution in [0.15, 0.2) is 36.7 Å². The van der Waals surface area contributed by atoms with E-state index in [-0.39, 0.29) is 18.6 Å². The molecule has 0 radical (unpaired) electrons. The minimum absolute atomic E-state index is 0.0688. The summed E-state index contributed by atoms with van der Waals surface area (Å²) in [6.07, 6.45) is 5.57. The maximum atomic E-state index is 12.0. The van der Waals surface area contributed by atoms with Crippen molar-refractivity contribution < 1.29 is 14.3 Å². The van der Waals surface area contributed by atoms with E-state index in [9.17, 15) is 4.79 Å². The van der Waals surface area contributed by atoms with Gasteiger partial charge in [0.1, 0.15) is 18.2 Å². The van der Waals surface area contributed by atoms with Crippen LogP contribution in [-0.4, -0.2) is 35.2 Å². The summed E-state index contributed by atoms with van der Waals surface area (Å²) < 4.78 is 12.7. The fourth-order valence-corrected chi connectivity index (χ4v) is 2.74. The number of methoxy groups -OCH3 is 1. The number of benzene rings is 1. The first kappa shape index (κ1) is 15.6. The van der Waals surface area contributed by atoms with Crippen molar-refractivity contribution in [2.75, 3.05) is 13.7 Å². The van der Waals surface area contributed by atoms with Gasteiger partial charge in [-0.05, 0) is 24.1 Å². The second-order valence-electron chi connectivity index (χ2n) is 5.64. The molecule has 6 nitrogen and oxygen atoms in total. The van der Waals surface area contributed by atoms with Crippen molar-refractivity contribution in [2.24, 2.45) is 0 Å². The number of rotatable bonds is 6. The molecule has 0 saturated heterocycles. The van der Waals surface area contributed by atoms with Crippen LogP contribution in [0.25, 0.3) is 0 Å². The van der Waals surface area contributed by atoms with E-state index in [1.54, 1.807) is 13.3 Å². The van der Waals surface area contributed by atoms with Crippen molar-refractivity contribution in [1.29, 1.82) is 0 Å². The molecule has 1 aromatic heterocycles. The normalized spacial score (nSPS) is 16.7. The lowest BCUT2D eigenvalue weighted by Gasteiger charge is -2.24. The fraction of sp³-hybridized carbons (Fsp3) is 0.412. The molecule has 1 aliphatic rings. The van der Waals surface area contributed by atoms with Gasteiger partial charge in [0.05, 0.1) is 13.7 Å². The number of carbonyl (C=O) groups excluding carboxylic acids is 1. The summed E-state index contributed by atoms with van der Waals surface area (Å²) in [7, 11) is 1.63. The van der Waals surface area contributed by atoms with Crippen LogP contribution in [0.1, 0.15) is 17.8 Å². The van der Waals surface area contributed by atoms with Gasteiger partial charge in [0.25, 0.3) is 0 Å². The Bertz CT molecular complexity index is 651. The smallest absolute Gasteiger partial charge is 0.246 e. The van der Waals surface area contributed by atoms with Crippen molar-refractivity contribution >= 4 is 5.91 Å². The molecule has 0 spiro atoms. The molecule has 0 aliphatic carbocycles. The van der Waals surface area contributed by atoms with Gasteiger partial charge in [-0.15, -0.1) is 0 Å². The van der Waals surface area contributed by atoms with E-state index < -0.39 is 0 Å². The first-order valence-corrected chi connectivity index (χ1v) is 7.74. The maximum absolute atomic E-state index is 12.0. The third-order valence-electron chi connectivity index (χ3n) is 3.96. The van der Waals surface area contributed by atoms with Crippen LogP contribution in [0.3, 0.4) is 0 Å². The van der Waals surface area contributed by atoms with Crippen LogP contribution in [0.5, 0.6) is 5.75 Å². The summed E-state index contributed by atoms with van der Waals surface area (Å²) in [5.41, 5.74) is 1.01. The summed E-state index contributed by atoms with van der Waals surface area (Å²) >= 11 is 0. The molecule has 122 valence electrons. The average molecular weight is 315 g/mol. The summed E-state index contributed by atoms with van der Waals surface area (Å²) in [4.78, 5) is 16.3. The number of hydrogen-bond donors (Lipinski definition) is 1. The standard InChI is InChI=1S/C17H21N3O3/c1-22-15-5-2-13(3-6-15)11-23-12-17(21)19-14-4-7-16-18-8-9-20(16)10-14/h2-3,5-6,8-9,14H,4,7,10-12H2,1H3,(H,19,21)/t14-/m0/s1. The van der Waals surface area contributed by atoms with Gasteiger partial charge in [-0.3, -0.25) is 4.79 Å². The molecule has 23 heavy (non-hydrogen) atoms. The molecule has 1 aromatic carbocycles. The van der Waals surface area contributed by atoms with Crippen molar-refractivity contribution in [1.82, 2.24) is 14.9 Å². The molecule has 2 heterocycles. The third-order valence-corrected chi connectivity index (χ3v) is 3.96. The molecular weight excluding hydrogens is 294 g/mol. The molecule has 1 atom stereocenters. The van der Waals surface area contributed by atoms with Crippen LogP contribution in [0.2, 0.25) is 0 Å². The van der Waals surface area contributed by atoms with Crippen LogP contribution in [0.4, 0.5) is 0 Å². The van der Waals surface area contributed by atoms with Gasteiger partial charge >= 0.3 is 0 Å². The molecular formula is C17H21N3O3. The third kappa shape index (κ3) is 4.10. The Balaban J connectivity index is 1.40. The zero-order valence-corrected chi connectivity index (χ0v) is 13.2. The molecule has 1 aliphatic heterocycles. The topological polar surface area (TPSA) is 65.4 Å². The number of carbonyl (C=O) groups is 1. The Labute approximate surface area is 135 Å². The maximum Gasteiger partial charge on any atom is 0.246 e. The molecule has 0 bridgehead atoms. The fourth-order valence-electron chi connectivity index (χ4n) is 2.74. The van der Waals surface area contributed by atoms with Crippen molar-refractivity contribution in [3.05, 3.63) is 48.0 Å². The van der Waals surface area contributed by atoms with E-state index in [4.69, 9.17) is 9.47 Å². The van der Waals surface area contributed by atoms with E-state index in [1.165, 1.54) is 0 Å². The van der Waals surface area contributed by atoms with Gasteiger partial charge in [-0.1, -0.05) is 12.1 Å². The average Bonchev–Trinajstić information content (AvgIpc) is 3.03. The van der Waals surface area contributed by atoms with E-state index in [0.717, 1.165) is 36.5 Å². The predicted octanol–water partition coefficient (Wildman–Crippen LogP) is 1.54. The zero-order chi connectivity index (χ0) is 16.1. The summed E-state index contributed by atoms with van der Waals surface area (Å²) in [6, 6.07) is 7.76. The van der Waals surface area contributed by atoms with Crippen molar-refractivity contribution in [2.45, 2.75) is 32.0 Å². The van der Waals surface area contributed by atoms with Crippen LogP contribution < -0.4 is 10.1 Å². The lowest BCUT2D eigenvalue weighted by atomic mass is 10.1. The number of hydrogen-bond acceptors (Lipinski definition) is 4. The Kier molecular flexibility index (Phi) is 4.92. The van der Waals surface area contributed by atoms with Crippen molar-refractivity contribution in [3.8, 4) is 5.75 Å². The van der Waals surface area contributed by atoms with Gasteiger partial charge in [-0.2, -0.15) is 0 Å². The second-order valence-corrected chi connectivity index (χ2v) is 5.64. The highest BCUT2D eigenvalue weighted by Crippen LogP contribution is 2.13. The van der Waals surface area contributed by atoms with E-state index in [1.807, 2.05) is 30.5 Å². The highest BCUT2D eigenvalue weighted by Gasteiger charge is 2.20. The number of aromatic nitrogens is 2. The van der Waals surface area contributed by atoms with Crippen LogP contribution in [-0.2, 0) is 29.1 Å². The van der Waals surface area contributed by atoms with Gasteiger partial charge < -0.3 is 19.4 Å². The Morgan fingerprint density at radius 3 is 3.00 bits per heavy atom. The summed E-state index contributed by atoms with van der Waals surface area (Å²) in [5.74, 6) is 1.82. The number of imidazole rings is 1. The van der Waals surface area contributed by atoms with Crippen molar-refractivity contribution in [3.63, 3.8) is 0 Å². The van der Waals surface area contributed by atoms with Gasteiger partial charge in [0.2, 0.25) is 5.91 Å². The zero-order valence-electron chi connectivity index (χ0n) is 13.2. The lowest BCUT2D eigenvalue weighted by molar-refractivity contribution is -0.127. The van der Waals surface area contributed by atoms with Gasteiger partial charge in [0, 0.05) is 31.4 Å². The highest BCUT2D eigenvalue weighted by atomic mass is 16.5.